The van der Waals surface area contributed by atoms with Crippen molar-refractivity contribution in [3.63, 3.8) is 0 Å². The molecule has 9 heavy (non-hydrogen) atoms. The van der Waals surface area contributed by atoms with Crippen LogP contribution in [0.25, 0.3) is 0 Å². The third kappa shape index (κ3) is 109. The number of phosphoric acid groups is 1. The first kappa shape index (κ1) is 29.8. The Bertz CT molecular complexity index is 63.1. The zero-order chi connectivity index (χ0) is 4.50. The predicted octanol–water partition coefficient (Wildman–Crippen LogP) is -6.13. The first-order valence-electron chi connectivity index (χ1n) is 0.748. The second-order valence-corrected chi connectivity index (χ2v) is 1.41. The average Bonchev–Trinajstić information content (AvgIpc) is 0.722. The summed E-state index contributed by atoms with van der Waals surface area (Å²) in [5.41, 5.74) is 0. The molecule has 0 radical (unpaired) electrons. The summed E-state index contributed by atoms with van der Waals surface area (Å²) in [4.78, 5) is 24.3. The minimum atomic E-state index is -5.14. The van der Waals surface area contributed by atoms with Crippen LogP contribution < -0.4 is 14.5 Å². The van der Waals surface area contributed by atoms with E-state index < -0.39 is 7.82 Å². The topological polar surface area (TPSA) is 113 Å². The minimum Gasteiger partial charge on any atom is -1.00 e. The van der Waals surface area contributed by atoms with Crippen molar-refractivity contribution in [1.82, 2.24) is 0 Å². The molecule has 0 rings (SSSR count). The van der Waals surface area contributed by atoms with E-state index in [0.717, 1.165) is 0 Å². The van der Waals surface area contributed by atoms with E-state index in [1.165, 1.54) is 0 Å². The zero-order valence-electron chi connectivity index (χ0n) is 4.36. The Morgan fingerprint density at radius 2 is 1.33 bits per heavy atom. The maximum atomic E-state index is 8.66. The van der Waals surface area contributed by atoms with Gasteiger partial charge in [-0.05, 0) is 0 Å². The molecular formula is H2CaFO5PSr. The third-order valence-electron chi connectivity index (χ3n) is 0. The zero-order valence-corrected chi connectivity index (χ0v) is 10.9. The van der Waals surface area contributed by atoms with E-state index in [9.17, 15) is 0 Å². The van der Waals surface area contributed by atoms with Crippen LogP contribution in [0.1, 0.15) is 0 Å². The van der Waals surface area contributed by atoms with Crippen LogP contribution in [-0.4, -0.2) is 93.6 Å². The molecule has 0 aliphatic rings. The molecular weight excluding hydrogens is 258 g/mol. The van der Waals surface area contributed by atoms with Crippen LogP contribution in [0.15, 0.2) is 0 Å². The molecule has 0 saturated heterocycles. The van der Waals surface area contributed by atoms with Crippen LogP contribution in [0.5, 0.6) is 0 Å². The molecule has 2 N–H and O–H groups in total. The summed E-state index contributed by atoms with van der Waals surface area (Å²) in [5, 5.41) is 0. The van der Waals surface area contributed by atoms with E-state index in [-0.39, 0.29) is 93.4 Å². The molecule has 0 bridgehead atoms. The second kappa shape index (κ2) is 13.3. The monoisotopic (exact) mass is 260 g/mol. The number of halogens is 1. The van der Waals surface area contributed by atoms with Crippen LogP contribution >= 0.6 is 7.82 Å². The van der Waals surface area contributed by atoms with Gasteiger partial charge in [-0.15, -0.1) is 0 Å². The van der Waals surface area contributed by atoms with Gasteiger partial charge in [0.05, 0.1) is 7.82 Å². The molecule has 0 aromatic heterocycles. The number of hydrogen-bond acceptors (Lipinski definition) is 4. The molecule has 0 saturated carbocycles. The maximum absolute atomic E-state index is 8.66. The normalized spacial score (nSPS) is 6.56. The first-order valence-corrected chi connectivity index (χ1v) is 2.24. The molecule has 0 aliphatic carbocycles. The van der Waals surface area contributed by atoms with Gasteiger partial charge >= 0.3 is 83.2 Å². The maximum Gasteiger partial charge on any atom is 2.00 e. The van der Waals surface area contributed by atoms with Gasteiger partial charge in [-0.25, -0.2) is 0 Å². The molecule has 0 aromatic rings. The van der Waals surface area contributed by atoms with E-state index in [1.54, 1.807) is 0 Å². The van der Waals surface area contributed by atoms with E-state index >= 15 is 0 Å². The number of rotatable bonds is 0. The van der Waals surface area contributed by atoms with Crippen LogP contribution in [0.4, 0.5) is 0 Å². The fraction of sp³-hybridized carbons (Fsp3) is 0. The Labute approximate surface area is 118 Å². The Morgan fingerprint density at radius 3 is 1.33 bits per heavy atom. The van der Waals surface area contributed by atoms with Crippen LogP contribution in [0.2, 0.25) is 0 Å². The quantitative estimate of drug-likeness (QED) is 0.344. The van der Waals surface area contributed by atoms with Crippen molar-refractivity contribution >= 4 is 91.0 Å². The Hall–Kier alpha value is 2.74. The molecule has 0 amide bonds. The van der Waals surface area contributed by atoms with Gasteiger partial charge in [0, 0.05) is 0 Å². The third-order valence-corrected chi connectivity index (χ3v) is 0. The van der Waals surface area contributed by atoms with E-state index in [2.05, 4.69) is 0 Å². The molecule has 9 heteroatoms. The summed E-state index contributed by atoms with van der Waals surface area (Å²) in [5.74, 6) is 0. The van der Waals surface area contributed by atoms with Gasteiger partial charge in [0.15, 0.2) is 0 Å². The van der Waals surface area contributed by atoms with Crippen molar-refractivity contribution in [1.29, 1.82) is 0 Å². The van der Waals surface area contributed by atoms with Crippen molar-refractivity contribution in [3.05, 3.63) is 0 Å². The summed E-state index contributed by atoms with van der Waals surface area (Å²) in [6, 6.07) is 0. The molecule has 0 spiro atoms. The Morgan fingerprint density at radius 1 is 1.33 bits per heavy atom. The van der Waals surface area contributed by atoms with Gasteiger partial charge in [-0.1, -0.05) is 0 Å². The van der Waals surface area contributed by atoms with Crippen LogP contribution in [0, 0.1) is 0 Å². The summed E-state index contributed by atoms with van der Waals surface area (Å²) in [6.45, 7) is 0. The summed E-state index contributed by atoms with van der Waals surface area (Å²) in [7, 11) is -5.14. The van der Waals surface area contributed by atoms with Crippen LogP contribution in [0.3, 0.4) is 0 Å². The minimum absolute atomic E-state index is 0. The Balaban J connectivity index is -0.0000000133. The summed E-state index contributed by atoms with van der Waals surface area (Å²) < 4.78 is 8.66. The fourth-order valence-corrected chi connectivity index (χ4v) is 0. The van der Waals surface area contributed by atoms with Gasteiger partial charge < -0.3 is 29.4 Å². The fourth-order valence-electron chi connectivity index (χ4n) is 0. The SMILES string of the molecule is O=P([O-])([O-])O.[Ca+2].[F-].[OH-].[Sr+2]. The van der Waals surface area contributed by atoms with Crippen molar-refractivity contribution in [3.8, 4) is 0 Å². The van der Waals surface area contributed by atoms with Crippen LogP contribution in [-0.2, 0) is 4.57 Å². The molecule has 0 fully saturated rings. The van der Waals surface area contributed by atoms with Crippen molar-refractivity contribution in [2.24, 2.45) is 0 Å². The molecule has 0 heterocycles. The standard InChI is InChI=1S/Ca.FH.H3O4P.H2O.Sr/c;;1-5(2,3)4;;/h;1H;(H3,1,2,3,4);1H2;/q+2;;;;+2/p-4. The number of hydrogen-bond donors (Lipinski definition) is 1. The predicted molar refractivity (Wildman–Crippen MR) is 23.3 cm³/mol. The van der Waals surface area contributed by atoms with Gasteiger partial charge in [0.1, 0.15) is 0 Å². The largest absolute Gasteiger partial charge is 2.00 e. The molecule has 0 aromatic carbocycles. The average molecular weight is 260 g/mol. The molecule has 0 unspecified atom stereocenters. The smallest absolute Gasteiger partial charge is 1.00 e. The van der Waals surface area contributed by atoms with Gasteiger partial charge in [0.2, 0.25) is 0 Å². The summed E-state index contributed by atoms with van der Waals surface area (Å²) in [6.07, 6.45) is 0. The van der Waals surface area contributed by atoms with Gasteiger partial charge in [0.25, 0.3) is 0 Å². The van der Waals surface area contributed by atoms with E-state index in [1.807, 2.05) is 0 Å². The second-order valence-electron chi connectivity index (χ2n) is 0.469. The summed E-state index contributed by atoms with van der Waals surface area (Å²) >= 11 is 0. The van der Waals surface area contributed by atoms with E-state index in [0.29, 0.717) is 0 Å². The first-order chi connectivity index (χ1) is 2.00. The molecule has 0 aliphatic heterocycles. The molecule has 5 nitrogen and oxygen atoms in total. The van der Waals surface area contributed by atoms with Crippen molar-refractivity contribution < 1.29 is 29.4 Å². The Kier molecular flexibility index (Phi) is 44.2. The van der Waals surface area contributed by atoms with Gasteiger partial charge in [-0.2, -0.15) is 0 Å². The molecule has 48 valence electrons. The van der Waals surface area contributed by atoms with Gasteiger partial charge in [-0.3, -0.25) is 0 Å². The van der Waals surface area contributed by atoms with E-state index in [4.69, 9.17) is 19.2 Å². The molecule has 0 atom stereocenters. The van der Waals surface area contributed by atoms with Crippen molar-refractivity contribution in [2.75, 3.05) is 0 Å². The van der Waals surface area contributed by atoms with Crippen molar-refractivity contribution in [2.45, 2.75) is 0 Å².